The normalized spacial score (nSPS) is 24.7. The number of hydrogen-bond donors (Lipinski definition) is 2. The van der Waals surface area contributed by atoms with Crippen molar-refractivity contribution in [3.05, 3.63) is 58.9 Å². The summed E-state index contributed by atoms with van der Waals surface area (Å²) in [6, 6.07) is 1.41. The van der Waals surface area contributed by atoms with Gasteiger partial charge in [0.05, 0.1) is 6.04 Å². The van der Waals surface area contributed by atoms with Crippen LogP contribution in [0.4, 0.5) is 13.2 Å². The van der Waals surface area contributed by atoms with E-state index in [-0.39, 0.29) is 49.7 Å². The third kappa shape index (κ3) is 6.69. The topological polar surface area (TPSA) is 71.0 Å². The highest BCUT2D eigenvalue weighted by molar-refractivity contribution is 6.31. The van der Waals surface area contributed by atoms with Gasteiger partial charge in [-0.25, -0.2) is 4.39 Å². The van der Waals surface area contributed by atoms with Gasteiger partial charge in [-0.3, -0.25) is 4.79 Å². The number of nitrogens with one attached hydrogen (secondary N) is 1. The van der Waals surface area contributed by atoms with Gasteiger partial charge in [0.1, 0.15) is 19.3 Å². The Bertz CT molecular complexity index is 1070. The van der Waals surface area contributed by atoms with E-state index in [0.717, 1.165) is 18.9 Å². The van der Waals surface area contributed by atoms with Crippen molar-refractivity contribution >= 4 is 17.5 Å². The van der Waals surface area contributed by atoms with Crippen LogP contribution in [0.25, 0.3) is 0 Å². The minimum Gasteiger partial charge on any atom is -0.486 e. The van der Waals surface area contributed by atoms with E-state index in [2.05, 4.69) is 11.9 Å². The van der Waals surface area contributed by atoms with E-state index in [0.29, 0.717) is 30.1 Å². The van der Waals surface area contributed by atoms with Crippen molar-refractivity contribution in [3.8, 4) is 11.5 Å². The van der Waals surface area contributed by atoms with Crippen molar-refractivity contribution in [2.45, 2.75) is 50.2 Å². The molecule has 1 unspecified atom stereocenters. The average Bonchev–Trinajstić information content (AvgIpc) is 3.39. The fourth-order valence-electron chi connectivity index (χ4n) is 4.98. The molecule has 1 saturated heterocycles. The molecular formula is C27H32ClF3N2O4. The molecule has 1 amide bonds. The zero-order chi connectivity index (χ0) is 26.6. The monoisotopic (exact) mass is 540 g/mol. The van der Waals surface area contributed by atoms with Crippen molar-refractivity contribution in [1.29, 1.82) is 0 Å². The summed E-state index contributed by atoms with van der Waals surface area (Å²) in [6.07, 6.45) is 5.51. The summed E-state index contributed by atoms with van der Waals surface area (Å²) in [4.78, 5) is 15.0. The van der Waals surface area contributed by atoms with Crippen LogP contribution in [0.5, 0.6) is 11.5 Å². The molecule has 0 radical (unpaired) electrons. The second-order valence-electron chi connectivity index (χ2n) is 9.75. The lowest BCUT2D eigenvalue weighted by Gasteiger charge is -2.32. The van der Waals surface area contributed by atoms with Gasteiger partial charge in [-0.05, 0) is 75.0 Å². The highest BCUT2D eigenvalue weighted by Gasteiger charge is 2.48. The van der Waals surface area contributed by atoms with Crippen molar-refractivity contribution in [2.24, 2.45) is 5.92 Å². The number of benzene rings is 1. The Morgan fingerprint density at radius 3 is 2.76 bits per heavy atom. The molecule has 0 spiro atoms. The lowest BCUT2D eigenvalue weighted by Crippen LogP contribution is -2.53. The number of aliphatic hydroxyl groups excluding tert-OH is 1. The predicted molar refractivity (Wildman–Crippen MR) is 134 cm³/mol. The number of likely N-dealkylation sites (tertiary alicyclic amines) is 1. The molecule has 1 aliphatic carbocycles. The van der Waals surface area contributed by atoms with E-state index in [9.17, 15) is 14.3 Å². The molecule has 6 nitrogen and oxygen atoms in total. The van der Waals surface area contributed by atoms with Crippen LogP contribution in [-0.4, -0.2) is 60.7 Å². The minimum absolute atomic E-state index is 0.0562. The quantitative estimate of drug-likeness (QED) is 0.516. The summed E-state index contributed by atoms with van der Waals surface area (Å²) in [7, 11) is 0. The molecule has 0 saturated carbocycles. The van der Waals surface area contributed by atoms with E-state index >= 15 is 8.78 Å². The van der Waals surface area contributed by atoms with Gasteiger partial charge < -0.3 is 24.8 Å². The van der Waals surface area contributed by atoms with Crippen LogP contribution in [0.2, 0.25) is 0 Å². The van der Waals surface area contributed by atoms with Gasteiger partial charge in [-0.2, -0.15) is 8.78 Å². The molecule has 2 aliphatic heterocycles. The molecule has 1 aromatic rings. The van der Waals surface area contributed by atoms with Crippen LogP contribution in [0.15, 0.2) is 47.5 Å². The van der Waals surface area contributed by atoms with Gasteiger partial charge in [0, 0.05) is 17.5 Å². The molecule has 3 aliphatic rings. The Hall–Kier alpha value is -2.49. The van der Waals surface area contributed by atoms with E-state index in [1.165, 1.54) is 12.1 Å². The van der Waals surface area contributed by atoms with Crippen molar-refractivity contribution in [2.75, 3.05) is 32.8 Å². The highest BCUT2D eigenvalue weighted by atomic mass is 35.5. The number of carbonyl (C=O) groups is 1. The molecule has 2 N–H and O–H groups in total. The first-order valence-corrected chi connectivity index (χ1v) is 12.9. The summed E-state index contributed by atoms with van der Waals surface area (Å²) < 4.78 is 56.5. The van der Waals surface area contributed by atoms with E-state index < -0.39 is 35.7 Å². The van der Waals surface area contributed by atoms with Crippen LogP contribution in [-0.2, 0) is 4.79 Å². The van der Waals surface area contributed by atoms with Crippen LogP contribution < -0.4 is 14.8 Å². The number of ether oxygens (including phenoxy) is 2. The van der Waals surface area contributed by atoms with Gasteiger partial charge in [0.2, 0.25) is 0 Å². The number of allylic oxidation sites excluding steroid dienone is 5. The fraction of sp³-hybridized carbons (Fsp3) is 0.519. The van der Waals surface area contributed by atoms with Gasteiger partial charge in [-0.15, -0.1) is 0 Å². The third-order valence-electron chi connectivity index (χ3n) is 6.94. The maximum Gasteiger partial charge on any atom is 0.327 e. The number of alkyl halides is 2. The fourth-order valence-corrected chi connectivity index (χ4v) is 5.22. The number of amides is 1. The number of rotatable bonds is 7. The van der Waals surface area contributed by atoms with Crippen LogP contribution >= 0.6 is 11.6 Å². The minimum atomic E-state index is -3.73. The van der Waals surface area contributed by atoms with Gasteiger partial charge in [0.25, 0.3) is 5.91 Å². The zero-order valence-corrected chi connectivity index (χ0v) is 21.3. The molecule has 3 atom stereocenters. The lowest BCUT2D eigenvalue weighted by molar-refractivity contribution is -0.156. The van der Waals surface area contributed by atoms with Crippen molar-refractivity contribution in [1.82, 2.24) is 10.2 Å². The largest absolute Gasteiger partial charge is 0.486 e. The Morgan fingerprint density at radius 1 is 1.27 bits per heavy atom. The van der Waals surface area contributed by atoms with E-state index in [4.69, 9.17) is 21.1 Å². The predicted octanol–water partition coefficient (Wildman–Crippen LogP) is 4.88. The number of aliphatic hydroxyl groups is 1. The van der Waals surface area contributed by atoms with Crippen LogP contribution in [0.1, 0.15) is 43.8 Å². The zero-order valence-electron chi connectivity index (χ0n) is 20.5. The summed E-state index contributed by atoms with van der Waals surface area (Å²) in [5, 5.41) is 14.0. The van der Waals surface area contributed by atoms with Gasteiger partial charge in [0.15, 0.2) is 17.3 Å². The Balaban J connectivity index is 1.56. The smallest absolute Gasteiger partial charge is 0.327 e. The Morgan fingerprint density at radius 2 is 2.00 bits per heavy atom. The standard InChI is InChI=1S/C27H32ClF3N2O4/c1-17-12-19(6-2-3-7-20(28)13-17)27(30,31)26(35)32-22(16-33-8-4-5-9-33)24(34)18-14-21(29)25-23(15-18)36-10-11-37-25/h3,7,13-15,19,22,24,34H,1-2,4-6,8-12,16H2,(H,32,35)/b7-3-,20-13+/t19?,22-,24-/m1/s1. The molecule has 1 fully saturated rings. The second kappa shape index (κ2) is 11.9. The second-order valence-corrected chi connectivity index (χ2v) is 10.2. The molecule has 202 valence electrons. The molecule has 4 rings (SSSR count). The number of nitrogens with zero attached hydrogens (tertiary/aromatic N) is 1. The Kier molecular flexibility index (Phi) is 8.87. The first kappa shape index (κ1) is 27.5. The van der Waals surface area contributed by atoms with E-state index in [1.807, 2.05) is 4.90 Å². The molecule has 2 heterocycles. The summed E-state index contributed by atoms with van der Waals surface area (Å²) in [5.74, 6) is -7.18. The first-order chi connectivity index (χ1) is 17.6. The molecule has 10 heteroatoms. The lowest BCUT2D eigenvalue weighted by atomic mass is 9.88. The van der Waals surface area contributed by atoms with Crippen LogP contribution in [0.3, 0.4) is 0 Å². The number of hydrogen-bond acceptors (Lipinski definition) is 5. The number of halogens is 4. The first-order valence-electron chi connectivity index (χ1n) is 12.5. The molecule has 37 heavy (non-hydrogen) atoms. The van der Waals surface area contributed by atoms with E-state index in [1.54, 1.807) is 12.2 Å². The maximum atomic E-state index is 15.5. The number of fused-ring (bicyclic) bond motifs is 1. The van der Waals surface area contributed by atoms with Gasteiger partial charge in [-0.1, -0.05) is 29.8 Å². The third-order valence-corrected chi connectivity index (χ3v) is 7.17. The Labute approximate surface area is 219 Å². The molecule has 1 aromatic carbocycles. The molecule has 0 aromatic heterocycles. The highest BCUT2D eigenvalue weighted by Crippen LogP contribution is 2.38. The number of carbonyl (C=O) groups excluding carboxylic acids is 1. The SMILES string of the molecule is C=C1/C=C(Cl)\C=C/CCC(C(F)(F)C(=O)N[C@H](CN2CCCC2)[C@H](O)c2cc(F)c3c(c2)OCCO3)C1. The van der Waals surface area contributed by atoms with Gasteiger partial charge >= 0.3 is 5.92 Å². The van der Waals surface area contributed by atoms with Crippen LogP contribution in [0, 0.1) is 11.7 Å². The molecular weight excluding hydrogens is 509 g/mol. The summed E-state index contributed by atoms with van der Waals surface area (Å²) in [5.41, 5.74) is 0.504. The van der Waals surface area contributed by atoms with Crippen molar-refractivity contribution in [3.63, 3.8) is 0 Å². The summed E-state index contributed by atoms with van der Waals surface area (Å²) >= 11 is 6.05. The van der Waals surface area contributed by atoms with Crippen molar-refractivity contribution < 1.29 is 32.5 Å². The maximum absolute atomic E-state index is 15.5. The molecule has 0 bridgehead atoms. The average molecular weight is 541 g/mol. The summed E-state index contributed by atoms with van der Waals surface area (Å²) in [6.45, 7) is 5.79.